The Morgan fingerprint density at radius 1 is 0.895 bits per heavy atom. The fourth-order valence-corrected chi connectivity index (χ4v) is 2.55. The summed E-state index contributed by atoms with van der Waals surface area (Å²) in [6, 6.07) is 0.140. The van der Waals surface area contributed by atoms with Crippen molar-refractivity contribution in [3.8, 4) is 0 Å². The highest BCUT2D eigenvalue weighted by molar-refractivity contribution is 5.76. The molecule has 6 nitrogen and oxygen atoms in total. The molecule has 0 aliphatic carbocycles. The van der Waals surface area contributed by atoms with Crippen molar-refractivity contribution < 1.29 is 9.59 Å². The van der Waals surface area contributed by atoms with Gasteiger partial charge in [-0.1, -0.05) is 6.92 Å². The van der Waals surface area contributed by atoms with Crippen molar-refractivity contribution in [2.45, 2.75) is 26.2 Å². The Morgan fingerprint density at radius 3 is 2.00 bits per heavy atom. The number of hydrogen-bond acceptors (Lipinski definition) is 2. The van der Waals surface area contributed by atoms with Crippen LogP contribution in [0.15, 0.2) is 0 Å². The van der Waals surface area contributed by atoms with Gasteiger partial charge in [-0.15, -0.1) is 0 Å². The summed E-state index contributed by atoms with van der Waals surface area (Å²) in [5, 5.41) is 2.87. The van der Waals surface area contributed by atoms with E-state index in [2.05, 4.69) is 5.32 Å². The van der Waals surface area contributed by atoms with E-state index in [1.165, 1.54) is 0 Å². The van der Waals surface area contributed by atoms with E-state index in [0.717, 1.165) is 32.4 Å². The lowest BCUT2D eigenvalue weighted by Gasteiger charge is -2.36. The molecule has 2 saturated heterocycles. The number of amides is 4. The molecule has 4 amide bonds. The zero-order valence-electron chi connectivity index (χ0n) is 11.7. The minimum absolute atomic E-state index is 0.00452. The number of nitrogens with zero attached hydrogens (tertiary/aromatic N) is 3. The van der Waals surface area contributed by atoms with E-state index < -0.39 is 0 Å². The second kappa shape index (κ2) is 6.63. The first-order chi connectivity index (χ1) is 9.22. The zero-order chi connectivity index (χ0) is 13.7. The summed E-state index contributed by atoms with van der Waals surface area (Å²) >= 11 is 0. The fraction of sp³-hybridized carbons (Fsp3) is 0.846. The molecule has 108 valence electrons. The van der Waals surface area contributed by atoms with Gasteiger partial charge in [-0.2, -0.15) is 0 Å². The summed E-state index contributed by atoms with van der Waals surface area (Å²) < 4.78 is 0. The predicted molar refractivity (Wildman–Crippen MR) is 73.0 cm³/mol. The van der Waals surface area contributed by atoms with E-state index in [4.69, 9.17) is 0 Å². The summed E-state index contributed by atoms with van der Waals surface area (Å²) in [7, 11) is 0. The molecule has 2 aliphatic heterocycles. The lowest BCUT2D eigenvalue weighted by atomic mass is 10.3. The number of likely N-dealkylation sites (tertiary alicyclic amines) is 1. The monoisotopic (exact) mass is 268 g/mol. The van der Waals surface area contributed by atoms with Crippen LogP contribution in [0.4, 0.5) is 9.59 Å². The Labute approximate surface area is 114 Å². The van der Waals surface area contributed by atoms with Crippen LogP contribution in [0, 0.1) is 0 Å². The highest BCUT2D eigenvalue weighted by Crippen LogP contribution is 2.12. The van der Waals surface area contributed by atoms with Gasteiger partial charge >= 0.3 is 12.1 Å². The summed E-state index contributed by atoms with van der Waals surface area (Å²) in [5.41, 5.74) is 0. The van der Waals surface area contributed by atoms with Gasteiger partial charge in [0.15, 0.2) is 0 Å². The Hall–Kier alpha value is -1.46. The summed E-state index contributed by atoms with van der Waals surface area (Å²) in [6.45, 7) is 7.08. The van der Waals surface area contributed by atoms with Gasteiger partial charge in [-0.05, 0) is 19.3 Å². The molecule has 19 heavy (non-hydrogen) atoms. The van der Waals surface area contributed by atoms with Crippen molar-refractivity contribution in [2.24, 2.45) is 0 Å². The number of urea groups is 2. The molecular formula is C13H24N4O2. The van der Waals surface area contributed by atoms with E-state index in [-0.39, 0.29) is 12.1 Å². The van der Waals surface area contributed by atoms with Crippen molar-refractivity contribution in [3.05, 3.63) is 0 Å². The molecule has 6 heteroatoms. The third kappa shape index (κ3) is 3.52. The predicted octanol–water partition coefficient (Wildman–Crippen LogP) is 0.939. The van der Waals surface area contributed by atoms with Gasteiger partial charge in [-0.25, -0.2) is 9.59 Å². The molecule has 0 aromatic carbocycles. The number of piperazine rings is 1. The van der Waals surface area contributed by atoms with E-state index in [0.29, 0.717) is 32.7 Å². The maximum atomic E-state index is 12.2. The number of hydrogen-bond donors (Lipinski definition) is 1. The first-order valence-electron chi connectivity index (χ1n) is 7.29. The minimum atomic E-state index is -0.00452. The van der Waals surface area contributed by atoms with Gasteiger partial charge < -0.3 is 20.0 Å². The first-order valence-corrected chi connectivity index (χ1v) is 7.29. The van der Waals surface area contributed by atoms with Gasteiger partial charge in [0.25, 0.3) is 0 Å². The standard InChI is InChI=1S/C13H24N4O2/c1-2-5-14-12(18)15-8-10-17(11-9-15)13(19)16-6-3-4-7-16/h2-11H2,1H3,(H,14,18). The largest absolute Gasteiger partial charge is 0.338 e. The van der Waals surface area contributed by atoms with E-state index in [1.54, 1.807) is 4.90 Å². The second-order valence-electron chi connectivity index (χ2n) is 5.18. The summed E-state index contributed by atoms with van der Waals surface area (Å²) in [5.74, 6) is 0. The average Bonchev–Trinajstić information content (AvgIpc) is 2.98. The van der Waals surface area contributed by atoms with E-state index in [9.17, 15) is 9.59 Å². The average molecular weight is 268 g/mol. The maximum Gasteiger partial charge on any atom is 0.320 e. The molecule has 1 N–H and O–H groups in total. The van der Waals surface area contributed by atoms with Crippen LogP contribution in [0.2, 0.25) is 0 Å². The van der Waals surface area contributed by atoms with Crippen LogP contribution in [0.25, 0.3) is 0 Å². The third-order valence-corrected chi connectivity index (χ3v) is 3.74. The smallest absolute Gasteiger partial charge is 0.320 e. The van der Waals surface area contributed by atoms with Crippen LogP contribution < -0.4 is 5.32 Å². The van der Waals surface area contributed by atoms with Crippen molar-refractivity contribution in [1.82, 2.24) is 20.0 Å². The molecule has 0 aromatic heterocycles. The van der Waals surface area contributed by atoms with Gasteiger partial charge in [0.05, 0.1) is 0 Å². The van der Waals surface area contributed by atoms with E-state index in [1.807, 2.05) is 16.7 Å². The summed E-state index contributed by atoms with van der Waals surface area (Å²) in [4.78, 5) is 29.6. The summed E-state index contributed by atoms with van der Waals surface area (Å²) in [6.07, 6.45) is 3.18. The number of nitrogens with one attached hydrogen (secondary N) is 1. The Morgan fingerprint density at radius 2 is 1.42 bits per heavy atom. The maximum absolute atomic E-state index is 12.2. The molecule has 0 bridgehead atoms. The molecule has 0 aromatic rings. The topological polar surface area (TPSA) is 55.9 Å². The molecule has 2 aliphatic rings. The van der Waals surface area contributed by atoms with Crippen molar-refractivity contribution in [2.75, 3.05) is 45.8 Å². The molecule has 0 spiro atoms. The quantitative estimate of drug-likeness (QED) is 0.810. The Bertz CT molecular complexity index is 321. The molecule has 2 fully saturated rings. The van der Waals surface area contributed by atoms with Crippen LogP contribution in [0.1, 0.15) is 26.2 Å². The fourth-order valence-electron chi connectivity index (χ4n) is 2.55. The van der Waals surface area contributed by atoms with Crippen LogP contribution in [-0.4, -0.2) is 72.6 Å². The number of carbonyl (C=O) groups is 2. The third-order valence-electron chi connectivity index (χ3n) is 3.74. The van der Waals surface area contributed by atoms with Gasteiger partial charge in [0, 0.05) is 45.8 Å². The van der Waals surface area contributed by atoms with Crippen LogP contribution in [0.3, 0.4) is 0 Å². The first kappa shape index (κ1) is 14.0. The number of carbonyl (C=O) groups excluding carboxylic acids is 2. The van der Waals surface area contributed by atoms with Crippen molar-refractivity contribution in [1.29, 1.82) is 0 Å². The lowest BCUT2D eigenvalue weighted by Crippen LogP contribution is -2.55. The molecule has 0 saturated carbocycles. The second-order valence-corrected chi connectivity index (χ2v) is 5.18. The van der Waals surface area contributed by atoms with Gasteiger partial charge in [0.1, 0.15) is 0 Å². The molecule has 0 unspecified atom stereocenters. The van der Waals surface area contributed by atoms with Gasteiger partial charge in [-0.3, -0.25) is 0 Å². The zero-order valence-corrected chi connectivity index (χ0v) is 11.7. The molecular weight excluding hydrogens is 244 g/mol. The molecule has 0 atom stereocenters. The van der Waals surface area contributed by atoms with Crippen molar-refractivity contribution in [3.63, 3.8) is 0 Å². The normalized spacial score (nSPS) is 19.7. The SMILES string of the molecule is CCCNC(=O)N1CCN(C(=O)N2CCCC2)CC1. The lowest BCUT2D eigenvalue weighted by molar-refractivity contribution is 0.124. The molecule has 2 rings (SSSR count). The Kier molecular flexibility index (Phi) is 4.87. The Balaban J connectivity index is 1.75. The highest BCUT2D eigenvalue weighted by atomic mass is 16.2. The van der Waals surface area contributed by atoms with Gasteiger partial charge in [0.2, 0.25) is 0 Å². The number of rotatable bonds is 2. The minimum Gasteiger partial charge on any atom is -0.338 e. The molecule has 0 radical (unpaired) electrons. The van der Waals surface area contributed by atoms with Crippen molar-refractivity contribution >= 4 is 12.1 Å². The molecule has 2 heterocycles. The van der Waals surface area contributed by atoms with Crippen LogP contribution >= 0.6 is 0 Å². The highest BCUT2D eigenvalue weighted by Gasteiger charge is 2.28. The van der Waals surface area contributed by atoms with Crippen LogP contribution in [-0.2, 0) is 0 Å². The van der Waals surface area contributed by atoms with Crippen LogP contribution in [0.5, 0.6) is 0 Å². The van der Waals surface area contributed by atoms with E-state index >= 15 is 0 Å².